The van der Waals surface area contributed by atoms with Gasteiger partial charge in [0.15, 0.2) is 0 Å². The summed E-state index contributed by atoms with van der Waals surface area (Å²) < 4.78 is 1.73. The molecule has 1 saturated heterocycles. The first-order chi connectivity index (χ1) is 7.13. The number of hydrogen-bond donors (Lipinski definition) is 3. The first-order valence-electron chi connectivity index (χ1n) is 5.30. The van der Waals surface area contributed by atoms with Crippen LogP contribution < -0.4 is 11.1 Å². The molecule has 0 aliphatic carbocycles. The molecule has 2 rings (SSSR count). The van der Waals surface area contributed by atoms with E-state index in [4.69, 9.17) is 5.73 Å². The molecule has 1 aliphatic heterocycles. The van der Waals surface area contributed by atoms with Gasteiger partial charge in [-0.05, 0) is 32.0 Å². The highest BCUT2D eigenvalue weighted by atomic mass is 16.3. The molecule has 0 amide bonds. The van der Waals surface area contributed by atoms with Gasteiger partial charge in [0.1, 0.15) is 0 Å². The van der Waals surface area contributed by atoms with Crippen molar-refractivity contribution in [3.05, 3.63) is 18.0 Å². The third-order valence-electron chi connectivity index (χ3n) is 3.23. The van der Waals surface area contributed by atoms with Crippen LogP contribution in [0.3, 0.4) is 0 Å². The van der Waals surface area contributed by atoms with Gasteiger partial charge in [-0.15, -0.1) is 0 Å². The molecule has 1 aliphatic rings. The third kappa shape index (κ3) is 1.90. The molecule has 0 saturated carbocycles. The molecule has 0 radical (unpaired) electrons. The van der Waals surface area contributed by atoms with E-state index in [0.717, 1.165) is 18.8 Å². The number of nitrogens with zero attached hydrogens (tertiary/aromatic N) is 2. The number of rotatable bonds is 2. The Balaban J connectivity index is 2.19. The van der Waals surface area contributed by atoms with Crippen molar-refractivity contribution in [2.75, 3.05) is 13.1 Å². The Morgan fingerprint density at radius 1 is 1.60 bits per heavy atom. The van der Waals surface area contributed by atoms with E-state index >= 15 is 0 Å². The van der Waals surface area contributed by atoms with Gasteiger partial charge in [0.2, 0.25) is 0 Å². The molecule has 1 aromatic heterocycles. The smallest absolute Gasteiger partial charge is 0.0878 e. The third-order valence-corrected chi connectivity index (χ3v) is 3.23. The maximum Gasteiger partial charge on any atom is 0.0878 e. The summed E-state index contributed by atoms with van der Waals surface area (Å²) in [5.41, 5.74) is 6.21. The van der Waals surface area contributed by atoms with Crippen LogP contribution in [0.2, 0.25) is 0 Å². The Bertz CT molecular complexity index is 330. The molecular weight excluding hydrogens is 192 g/mol. The number of aliphatic hydroxyl groups is 1. The van der Waals surface area contributed by atoms with Crippen LogP contribution in [0.25, 0.3) is 0 Å². The highest BCUT2D eigenvalue weighted by Gasteiger charge is 2.37. The second kappa shape index (κ2) is 3.92. The zero-order valence-electron chi connectivity index (χ0n) is 8.98. The maximum atomic E-state index is 10.4. The Morgan fingerprint density at radius 2 is 2.27 bits per heavy atom. The van der Waals surface area contributed by atoms with Crippen LogP contribution in [-0.4, -0.2) is 33.6 Å². The lowest BCUT2D eigenvalue weighted by atomic mass is 9.84. The van der Waals surface area contributed by atoms with E-state index in [1.165, 1.54) is 0 Å². The van der Waals surface area contributed by atoms with Crippen molar-refractivity contribution in [1.29, 1.82) is 0 Å². The molecule has 0 aromatic carbocycles. The van der Waals surface area contributed by atoms with Crippen molar-refractivity contribution in [1.82, 2.24) is 15.1 Å². The van der Waals surface area contributed by atoms with Crippen LogP contribution in [0.5, 0.6) is 0 Å². The van der Waals surface area contributed by atoms with Crippen LogP contribution >= 0.6 is 0 Å². The number of aromatic nitrogens is 2. The lowest BCUT2D eigenvalue weighted by Crippen LogP contribution is -2.49. The molecule has 1 unspecified atom stereocenters. The normalized spacial score (nSPS) is 22.6. The summed E-state index contributed by atoms with van der Waals surface area (Å²) in [5.74, 6) is 0. The highest BCUT2D eigenvalue weighted by Crippen LogP contribution is 2.30. The minimum Gasteiger partial charge on any atom is -0.388 e. The highest BCUT2D eigenvalue weighted by molar-refractivity contribution is 5.12. The van der Waals surface area contributed by atoms with Gasteiger partial charge >= 0.3 is 0 Å². The molecule has 84 valence electrons. The van der Waals surface area contributed by atoms with Crippen molar-refractivity contribution < 1.29 is 5.11 Å². The van der Waals surface area contributed by atoms with Crippen LogP contribution in [0, 0.1) is 0 Å². The van der Waals surface area contributed by atoms with Gasteiger partial charge < -0.3 is 16.2 Å². The van der Waals surface area contributed by atoms with Crippen molar-refractivity contribution >= 4 is 0 Å². The van der Waals surface area contributed by atoms with Crippen LogP contribution in [0.15, 0.2) is 12.3 Å². The van der Waals surface area contributed by atoms with E-state index in [2.05, 4.69) is 10.4 Å². The summed E-state index contributed by atoms with van der Waals surface area (Å²) in [5, 5.41) is 17.7. The maximum absolute atomic E-state index is 10.4. The minimum absolute atomic E-state index is 0.355. The van der Waals surface area contributed by atoms with Gasteiger partial charge in [-0.3, -0.25) is 4.68 Å². The summed E-state index contributed by atoms with van der Waals surface area (Å²) in [6.45, 7) is 1.64. The van der Waals surface area contributed by atoms with E-state index < -0.39 is 5.60 Å². The quantitative estimate of drug-likeness (QED) is 0.617. The molecule has 0 bridgehead atoms. The van der Waals surface area contributed by atoms with E-state index in [1.54, 1.807) is 10.9 Å². The van der Waals surface area contributed by atoms with E-state index in [0.29, 0.717) is 12.8 Å². The van der Waals surface area contributed by atoms with Crippen LogP contribution in [-0.2, 0) is 7.05 Å². The largest absolute Gasteiger partial charge is 0.388 e. The van der Waals surface area contributed by atoms with Crippen molar-refractivity contribution in [2.45, 2.75) is 24.5 Å². The van der Waals surface area contributed by atoms with E-state index in [1.807, 2.05) is 13.1 Å². The zero-order valence-corrected chi connectivity index (χ0v) is 8.98. The molecule has 1 fully saturated rings. The van der Waals surface area contributed by atoms with Gasteiger partial charge in [0, 0.05) is 13.2 Å². The predicted octanol–water partition coefficient (Wildman–Crippen LogP) is -0.466. The summed E-state index contributed by atoms with van der Waals surface area (Å²) in [6, 6.07) is 1.51. The van der Waals surface area contributed by atoms with E-state index in [-0.39, 0.29) is 6.04 Å². The van der Waals surface area contributed by atoms with Gasteiger partial charge in [-0.25, -0.2) is 0 Å². The lowest BCUT2D eigenvalue weighted by molar-refractivity contribution is -0.0163. The SMILES string of the molecule is Cn1nccc1C(N)C1(O)CCNCC1. The predicted molar refractivity (Wildman–Crippen MR) is 57.2 cm³/mol. The molecule has 15 heavy (non-hydrogen) atoms. The standard InChI is InChI=1S/C10H18N4O/c1-14-8(2-5-13-14)9(11)10(15)3-6-12-7-4-10/h2,5,9,12,15H,3-4,6-7,11H2,1H3. The minimum atomic E-state index is -0.793. The van der Waals surface area contributed by atoms with E-state index in [9.17, 15) is 5.11 Å². The average molecular weight is 210 g/mol. The second-order valence-electron chi connectivity index (χ2n) is 4.21. The molecule has 5 nitrogen and oxygen atoms in total. The summed E-state index contributed by atoms with van der Waals surface area (Å²) in [6.07, 6.45) is 3.10. The number of aryl methyl sites for hydroxylation is 1. The molecular formula is C10H18N4O. The fourth-order valence-electron chi connectivity index (χ4n) is 2.14. The Hall–Kier alpha value is -0.910. The van der Waals surface area contributed by atoms with Crippen LogP contribution in [0.1, 0.15) is 24.6 Å². The molecule has 5 heteroatoms. The Labute approximate surface area is 89.3 Å². The Morgan fingerprint density at radius 3 is 2.80 bits per heavy atom. The van der Waals surface area contributed by atoms with Crippen molar-refractivity contribution in [3.8, 4) is 0 Å². The van der Waals surface area contributed by atoms with Gasteiger partial charge in [0.25, 0.3) is 0 Å². The summed E-state index contributed by atoms with van der Waals surface area (Å²) in [7, 11) is 1.85. The number of piperidine rings is 1. The Kier molecular flexibility index (Phi) is 2.77. The molecule has 2 heterocycles. The van der Waals surface area contributed by atoms with Crippen molar-refractivity contribution in [3.63, 3.8) is 0 Å². The molecule has 1 atom stereocenters. The summed E-state index contributed by atoms with van der Waals surface area (Å²) >= 11 is 0. The van der Waals surface area contributed by atoms with Gasteiger partial charge in [0.05, 0.1) is 17.3 Å². The fraction of sp³-hybridized carbons (Fsp3) is 0.700. The summed E-state index contributed by atoms with van der Waals surface area (Å²) in [4.78, 5) is 0. The first-order valence-corrected chi connectivity index (χ1v) is 5.30. The molecule has 1 aromatic rings. The fourth-order valence-corrected chi connectivity index (χ4v) is 2.14. The van der Waals surface area contributed by atoms with Crippen LogP contribution in [0.4, 0.5) is 0 Å². The zero-order chi connectivity index (χ0) is 10.9. The lowest BCUT2D eigenvalue weighted by Gasteiger charge is -2.37. The topological polar surface area (TPSA) is 76.1 Å². The molecule has 0 spiro atoms. The molecule has 4 N–H and O–H groups in total. The number of nitrogens with one attached hydrogen (secondary N) is 1. The number of nitrogens with two attached hydrogens (primary N) is 1. The monoisotopic (exact) mass is 210 g/mol. The first kappa shape index (κ1) is 10.6. The number of hydrogen-bond acceptors (Lipinski definition) is 4. The average Bonchev–Trinajstić information content (AvgIpc) is 2.64. The van der Waals surface area contributed by atoms with Gasteiger partial charge in [-0.2, -0.15) is 5.10 Å². The van der Waals surface area contributed by atoms with Crippen molar-refractivity contribution in [2.24, 2.45) is 12.8 Å². The van der Waals surface area contributed by atoms with Gasteiger partial charge in [-0.1, -0.05) is 0 Å². The second-order valence-corrected chi connectivity index (χ2v) is 4.21.